The van der Waals surface area contributed by atoms with E-state index in [0.717, 1.165) is 13.1 Å². The molecule has 0 spiro atoms. The highest BCUT2D eigenvalue weighted by molar-refractivity contribution is 4.77. The van der Waals surface area contributed by atoms with E-state index in [1.807, 2.05) is 12.3 Å². The Kier molecular flexibility index (Phi) is 5.31. The van der Waals surface area contributed by atoms with Gasteiger partial charge in [-0.05, 0) is 25.5 Å². The van der Waals surface area contributed by atoms with Gasteiger partial charge in [-0.25, -0.2) is 0 Å². The van der Waals surface area contributed by atoms with Crippen molar-refractivity contribution in [3.05, 3.63) is 18.5 Å². The van der Waals surface area contributed by atoms with Gasteiger partial charge in [-0.15, -0.1) is 0 Å². The van der Waals surface area contributed by atoms with E-state index in [1.165, 1.54) is 0 Å². The van der Waals surface area contributed by atoms with Crippen LogP contribution in [-0.2, 0) is 6.54 Å². The molecule has 1 heterocycles. The third-order valence-corrected chi connectivity index (χ3v) is 2.14. The third-order valence-electron chi connectivity index (χ3n) is 2.14. The average Bonchev–Trinajstić information content (AvgIpc) is 2.67. The van der Waals surface area contributed by atoms with E-state index in [2.05, 4.69) is 10.4 Å². The monoisotopic (exact) mass is 235 g/mol. The normalized spacial score (nSPS) is 11.9. The maximum atomic E-state index is 11.8. The number of rotatable bonds is 7. The molecule has 0 unspecified atom stereocenters. The van der Waals surface area contributed by atoms with Crippen molar-refractivity contribution in [2.45, 2.75) is 32.0 Å². The fraction of sp³-hybridized carbons (Fsp3) is 0.700. The zero-order chi connectivity index (χ0) is 11.9. The number of halogens is 3. The van der Waals surface area contributed by atoms with Crippen molar-refractivity contribution in [3.63, 3.8) is 0 Å². The second kappa shape index (κ2) is 6.52. The molecule has 16 heavy (non-hydrogen) atoms. The van der Waals surface area contributed by atoms with Crippen LogP contribution in [0.2, 0.25) is 0 Å². The Hall–Kier alpha value is -1.04. The molecule has 1 rings (SSSR count). The Bertz CT molecular complexity index is 269. The first-order chi connectivity index (χ1) is 7.58. The molecule has 1 N–H and O–H groups in total. The third kappa shape index (κ3) is 6.44. The average molecular weight is 235 g/mol. The van der Waals surface area contributed by atoms with Crippen molar-refractivity contribution < 1.29 is 13.2 Å². The lowest BCUT2D eigenvalue weighted by Crippen LogP contribution is -2.21. The van der Waals surface area contributed by atoms with Crippen LogP contribution < -0.4 is 5.32 Å². The lowest BCUT2D eigenvalue weighted by Gasteiger charge is -2.07. The van der Waals surface area contributed by atoms with Crippen LogP contribution in [0.1, 0.15) is 19.3 Å². The fourth-order valence-electron chi connectivity index (χ4n) is 1.33. The molecule has 3 nitrogen and oxygen atoms in total. The van der Waals surface area contributed by atoms with E-state index in [1.54, 1.807) is 10.9 Å². The van der Waals surface area contributed by atoms with Crippen LogP contribution in [0, 0.1) is 0 Å². The summed E-state index contributed by atoms with van der Waals surface area (Å²) in [5, 5.41) is 7.09. The van der Waals surface area contributed by atoms with Gasteiger partial charge >= 0.3 is 6.18 Å². The van der Waals surface area contributed by atoms with Crippen molar-refractivity contribution in [2.24, 2.45) is 0 Å². The molecule has 1 aromatic rings. The quantitative estimate of drug-likeness (QED) is 0.734. The van der Waals surface area contributed by atoms with Crippen LogP contribution in [0.25, 0.3) is 0 Å². The van der Waals surface area contributed by atoms with Crippen LogP contribution in [-0.4, -0.2) is 29.0 Å². The van der Waals surface area contributed by atoms with E-state index >= 15 is 0 Å². The number of hydrogen-bond acceptors (Lipinski definition) is 2. The fourth-order valence-corrected chi connectivity index (χ4v) is 1.33. The van der Waals surface area contributed by atoms with Gasteiger partial charge in [0.2, 0.25) is 0 Å². The number of nitrogens with zero attached hydrogens (tertiary/aromatic N) is 2. The molecule has 0 amide bonds. The molecule has 0 fully saturated rings. The summed E-state index contributed by atoms with van der Waals surface area (Å²) in [5.41, 5.74) is 0. The van der Waals surface area contributed by atoms with Gasteiger partial charge in [0.1, 0.15) is 0 Å². The minimum Gasteiger partial charge on any atom is -0.315 e. The van der Waals surface area contributed by atoms with Gasteiger partial charge in [0.15, 0.2) is 0 Å². The first-order valence-corrected chi connectivity index (χ1v) is 5.33. The van der Waals surface area contributed by atoms with Crippen molar-refractivity contribution in [1.82, 2.24) is 15.1 Å². The molecule has 0 aromatic carbocycles. The van der Waals surface area contributed by atoms with Crippen LogP contribution >= 0.6 is 0 Å². The standard InChI is InChI=1S/C10H16F3N3/c11-10(12,13)4-1-2-5-14-7-9-16-8-3-6-15-16/h3,6,8,14H,1-2,4-5,7,9H2. The summed E-state index contributed by atoms with van der Waals surface area (Å²) in [4.78, 5) is 0. The van der Waals surface area contributed by atoms with Gasteiger partial charge in [0.25, 0.3) is 0 Å². The lowest BCUT2D eigenvalue weighted by molar-refractivity contribution is -0.135. The Morgan fingerprint density at radius 2 is 2.00 bits per heavy atom. The second-order valence-electron chi connectivity index (χ2n) is 3.59. The lowest BCUT2D eigenvalue weighted by atomic mass is 10.2. The zero-order valence-corrected chi connectivity index (χ0v) is 9.00. The summed E-state index contributed by atoms with van der Waals surface area (Å²) in [6.07, 6.45) is -0.408. The first-order valence-electron chi connectivity index (χ1n) is 5.33. The van der Waals surface area contributed by atoms with E-state index in [0.29, 0.717) is 13.0 Å². The predicted molar refractivity (Wildman–Crippen MR) is 55.0 cm³/mol. The maximum Gasteiger partial charge on any atom is 0.389 e. The van der Waals surface area contributed by atoms with Crippen molar-refractivity contribution in [2.75, 3.05) is 13.1 Å². The molecule has 0 aliphatic heterocycles. The highest BCUT2D eigenvalue weighted by atomic mass is 19.4. The Morgan fingerprint density at radius 3 is 2.62 bits per heavy atom. The molecule has 0 atom stereocenters. The highest BCUT2D eigenvalue weighted by Crippen LogP contribution is 2.21. The second-order valence-corrected chi connectivity index (χ2v) is 3.59. The van der Waals surface area contributed by atoms with Crippen molar-refractivity contribution in [1.29, 1.82) is 0 Å². The molecule has 0 aliphatic carbocycles. The maximum absolute atomic E-state index is 11.8. The summed E-state index contributed by atoms with van der Waals surface area (Å²) in [6, 6.07) is 1.84. The topological polar surface area (TPSA) is 29.9 Å². The van der Waals surface area contributed by atoms with E-state index in [9.17, 15) is 13.2 Å². The van der Waals surface area contributed by atoms with Gasteiger partial charge in [-0.3, -0.25) is 4.68 Å². The molecular weight excluding hydrogens is 219 g/mol. The predicted octanol–water partition coefficient (Wildman–Crippen LogP) is 2.21. The summed E-state index contributed by atoms with van der Waals surface area (Å²) in [6.45, 7) is 2.09. The molecular formula is C10H16F3N3. The number of alkyl halides is 3. The molecule has 0 bridgehead atoms. The van der Waals surface area contributed by atoms with Gasteiger partial charge in [-0.2, -0.15) is 18.3 Å². The molecule has 0 radical (unpaired) electrons. The number of aromatic nitrogens is 2. The summed E-state index contributed by atoms with van der Waals surface area (Å²) in [7, 11) is 0. The van der Waals surface area contributed by atoms with Crippen LogP contribution in [0.15, 0.2) is 18.5 Å². The molecule has 1 aromatic heterocycles. The van der Waals surface area contributed by atoms with Crippen LogP contribution in [0.5, 0.6) is 0 Å². The van der Waals surface area contributed by atoms with Gasteiger partial charge in [0, 0.05) is 25.4 Å². The van der Waals surface area contributed by atoms with Gasteiger partial charge in [0.05, 0.1) is 6.54 Å². The van der Waals surface area contributed by atoms with Crippen molar-refractivity contribution in [3.8, 4) is 0 Å². The van der Waals surface area contributed by atoms with Crippen LogP contribution in [0.3, 0.4) is 0 Å². The zero-order valence-electron chi connectivity index (χ0n) is 9.00. The van der Waals surface area contributed by atoms with Gasteiger partial charge < -0.3 is 5.32 Å². The Balaban J connectivity index is 1.89. The Labute approximate surface area is 92.6 Å². The van der Waals surface area contributed by atoms with Crippen LogP contribution in [0.4, 0.5) is 13.2 Å². The number of unbranched alkanes of at least 4 members (excludes halogenated alkanes) is 1. The minimum atomic E-state index is -4.02. The number of hydrogen-bond donors (Lipinski definition) is 1. The van der Waals surface area contributed by atoms with E-state index in [-0.39, 0.29) is 6.42 Å². The number of nitrogens with one attached hydrogen (secondary N) is 1. The molecule has 0 saturated carbocycles. The first kappa shape index (κ1) is 13.0. The SMILES string of the molecule is FC(F)(F)CCCCNCCn1cccn1. The van der Waals surface area contributed by atoms with Gasteiger partial charge in [-0.1, -0.05) is 0 Å². The minimum absolute atomic E-state index is 0.193. The van der Waals surface area contributed by atoms with E-state index < -0.39 is 12.6 Å². The largest absolute Gasteiger partial charge is 0.389 e. The Morgan fingerprint density at radius 1 is 1.19 bits per heavy atom. The highest BCUT2D eigenvalue weighted by Gasteiger charge is 2.25. The summed E-state index contributed by atoms with van der Waals surface area (Å²) in [5.74, 6) is 0. The van der Waals surface area contributed by atoms with Crippen molar-refractivity contribution >= 4 is 0 Å². The molecule has 0 aliphatic rings. The summed E-state index contributed by atoms with van der Waals surface area (Å²) < 4.78 is 37.1. The molecule has 0 saturated heterocycles. The molecule has 6 heteroatoms. The molecule has 92 valence electrons. The smallest absolute Gasteiger partial charge is 0.315 e. The van der Waals surface area contributed by atoms with E-state index in [4.69, 9.17) is 0 Å². The summed E-state index contributed by atoms with van der Waals surface area (Å²) >= 11 is 0.